The Labute approximate surface area is 329 Å². The first kappa shape index (κ1) is 38.5. The molecule has 1 heterocycles. The summed E-state index contributed by atoms with van der Waals surface area (Å²) < 4.78 is 0. The molecule has 3 aliphatic carbocycles. The maximum absolute atomic E-state index is 14.7. The summed E-state index contributed by atoms with van der Waals surface area (Å²) in [5.74, 6) is -0.210. The molecule has 7 heteroatoms. The second-order valence-corrected chi connectivity index (χ2v) is 16.8. The first-order valence-corrected chi connectivity index (χ1v) is 20.5. The Kier molecular flexibility index (Phi) is 11.8. The number of hydrogen-bond donors (Lipinski definition) is 3. The fourth-order valence-corrected chi connectivity index (χ4v) is 9.49. The predicted octanol–water partition coefficient (Wildman–Crippen LogP) is 10.5. The van der Waals surface area contributed by atoms with Crippen LogP contribution in [0.25, 0.3) is 11.1 Å². The number of para-hydroxylation sites is 1. The van der Waals surface area contributed by atoms with Gasteiger partial charge < -0.3 is 20.4 Å². The van der Waals surface area contributed by atoms with Crippen molar-refractivity contribution in [2.24, 2.45) is 5.41 Å². The molecule has 1 saturated carbocycles. The second-order valence-electron chi connectivity index (χ2n) is 15.8. The second kappa shape index (κ2) is 16.9. The minimum absolute atomic E-state index is 0.0635. The Morgan fingerprint density at radius 1 is 0.873 bits per heavy atom. The van der Waals surface area contributed by atoms with Gasteiger partial charge in [-0.15, -0.1) is 11.3 Å². The number of fused-ring (bicyclic) bond motifs is 8. The standard InChI is InChI=1S/C48H52N2O4S/c1-34-11-9-27-47(2)44(25-28-48(47,54)33-50(29-26-41-16-10-30-55-41)46(53)49-39-14-7-4-8-15-39)42-24-18-35(31-40(51)23-17-34)32-43(42)45(52)38-21-19-37(20-22-38)36-12-5-3-6-13-36/h3-8,10-16,18-22,24,30,32,40,44,51,54H,9,17,23,25-29,31,33H2,1-2H3,(H,49,53)/t40-,44-,47-,48+/m0/s1. The number of nitrogens with zero attached hydrogens (tertiary/aromatic N) is 1. The number of carbonyl (C=O) groups excluding carboxylic acids is 2. The Morgan fingerprint density at radius 3 is 2.33 bits per heavy atom. The van der Waals surface area contributed by atoms with Crippen LogP contribution in [0, 0.1) is 5.41 Å². The molecule has 0 unspecified atom stereocenters. The third-order valence-corrected chi connectivity index (χ3v) is 13.1. The number of ketones is 1. The van der Waals surface area contributed by atoms with E-state index in [-0.39, 0.29) is 24.3 Å². The van der Waals surface area contributed by atoms with Gasteiger partial charge in [-0.05, 0) is 116 Å². The first-order valence-electron chi connectivity index (χ1n) is 19.6. The zero-order valence-corrected chi connectivity index (χ0v) is 32.7. The number of rotatable bonds is 9. The Hall–Kier alpha value is -4.82. The number of benzene rings is 4. The largest absolute Gasteiger partial charge is 0.393 e. The summed E-state index contributed by atoms with van der Waals surface area (Å²) in [6.45, 7) is 4.92. The normalized spacial score (nSPS) is 22.7. The molecule has 8 rings (SSSR count). The van der Waals surface area contributed by atoms with Crippen molar-refractivity contribution < 1.29 is 19.8 Å². The van der Waals surface area contributed by atoms with Gasteiger partial charge in [-0.25, -0.2) is 4.79 Å². The highest BCUT2D eigenvalue weighted by atomic mass is 32.1. The minimum Gasteiger partial charge on any atom is -0.393 e. The van der Waals surface area contributed by atoms with Crippen LogP contribution >= 0.6 is 11.3 Å². The van der Waals surface area contributed by atoms with E-state index < -0.39 is 17.1 Å². The summed E-state index contributed by atoms with van der Waals surface area (Å²) >= 11 is 1.67. The average molecular weight is 753 g/mol. The molecular formula is C48H52N2O4S. The SMILES string of the molecule is CC1=CCC[C@@]2(C)[C@@H](CC[C@@]2(O)CN(CCc2cccs2)C(=O)Nc2ccccc2)c2ccc(cc2C(=O)c2ccc(-c3ccccc3)cc2)C[C@@H](O)CC1. The van der Waals surface area contributed by atoms with Gasteiger partial charge in [0.2, 0.25) is 0 Å². The number of nitrogens with one attached hydrogen (secondary N) is 1. The van der Waals surface area contributed by atoms with E-state index in [9.17, 15) is 19.8 Å². The zero-order chi connectivity index (χ0) is 38.4. The van der Waals surface area contributed by atoms with Gasteiger partial charge in [0.15, 0.2) is 5.78 Å². The number of thiophene rings is 1. The Morgan fingerprint density at radius 2 is 1.60 bits per heavy atom. The van der Waals surface area contributed by atoms with Gasteiger partial charge in [0.1, 0.15) is 0 Å². The summed E-state index contributed by atoms with van der Waals surface area (Å²) in [6.07, 6.45) is 6.86. The van der Waals surface area contributed by atoms with Crippen molar-refractivity contribution in [1.29, 1.82) is 0 Å². The van der Waals surface area contributed by atoms with Crippen LogP contribution in [0.5, 0.6) is 0 Å². The van der Waals surface area contributed by atoms with Gasteiger partial charge in [0.25, 0.3) is 0 Å². The van der Waals surface area contributed by atoms with Gasteiger partial charge in [-0.1, -0.05) is 110 Å². The van der Waals surface area contributed by atoms with Crippen LogP contribution in [0.1, 0.15) is 90.2 Å². The van der Waals surface area contributed by atoms with Crippen LogP contribution in [0.3, 0.4) is 0 Å². The highest BCUT2D eigenvalue weighted by Crippen LogP contribution is 2.59. The molecule has 3 N–H and O–H groups in total. The maximum atomic E-state index is 14.7. The summed E-state index contributed by atoms with van der Waals surface area (Å²) in [5.41, 5.74) is 5.23. The highest BCUT2D eigenvalue weighted by Gasteiger charge is 2.57. The predicted molar refractivity (Wildman–Crippen MR) is 224 cm³/mol. The van der Waals surface area contributed by atoms with E-state index in [1.165, 1.54) is 10.5 Å². The van der Waals surface area contributed by atoms with E-state index in [2.05, 4.69) is 55.6 Å². The molecule has 0 aliphatic heterocycles. The monoisotopic (exact) mass is 752 g/mol. The fourth-order valence-electron chi connectivity index (χ4n) is 8.79. The molecule has 2 bridgehead atoms. The number of aliphatic hydroxyl groups is 2. The van der Waals surface area contributed by atoms with Gasteiger partial charge in [-0.3, -0.25) is 4.79 Å². The van der Waals surface area contributed by atoms with E-state index in [0.29, 0.717) is 61.9 Å². The Balaban J connectivity index is 1.26. The number of amides is 2. The number of carbonyl (C=O) groups is 2. The molecule has 284 valence electrons. The lowest BCUT2D eigenvalue weighted by Crippen LogP contribution is -2.54. The molecule has 0 radical (unpaired) electrons. The summed E-state index contributed by atoms with van der Waals surface area (Å²) in [5, 5.41) is 29.3. The van der Waals surface area contributed by atoms with Crippen molar-refractivity contribution >= 4 is 28.8 Å². The lowest BCUT2D eigenvalue weighted by atomic mass is 9.64. The van der Waals surface area contributed by atoms with E-state index >= 15 is 0 Å². The van der Waals surface area contributed by atoms with E-state index in [4.69, 9.17) is 0 Å². The van der Waals surface area contributed by atoms with Crippen LogP contribution < -0.4 is 5.32 Å². The summed E-state index contributed by atoms with van der Waals surface area (Å²) in [7, 11) is 0. The lowest BCUT2D eigenvalue weighted by Gasteiger charge is -2.46. The molecule has 1 aromatic heterocycles. The van der Waals surface area contributed by atoms with E-state index in [1.807, 2.05) is 90.3 Å². The summed E-state index contributed by atoms with van der Waals surface area (Å²) in [4.78, 5) is 31.7. The summed E-state index contributed by atoms with van der Waals surface area (Å²) in [6, 6.07) is 37.4. The molecular weight excluding hydrogens is 701 g/mol. The van der Waals surface area contributed by atoms with Crippen LogP contribution in [0.15, 0.2) is 132 Å². The number of anilines is 1. The van der Waals surface area contributed by atoms with Crippen LogP contribution in [0.4, 0.5) is 10.5 Å². The first-order chi connectivity index (χ1) is 26.6. The van der Waals surface area contributed by atoms with E-state index in [1.54, 1.807) is 16.2 Å². The van der Waals surface area contributed by atoms with Crippen molar-refractivity contribution in [2.45, 2.75) is 82.8 Å². The van der Waals surface area contributed by atoms with Crippen LogP contribution in [-0.2, 0) is 12.8 Å². The number of urea groups is 1. The molecule has 0 saturated heterocycles. The molecule has 4 atom stereocenters. The van der Waals surface area contributed by atoms with Crippen molar-refractivity contribution in [2.75, 3.05) is 18.4 Å². The third kappa shape index (κ3) is 8.70. The van der Waals surface area contributed by atoms with E-state index in [0.717, 1.165) is 35.1 Å². The van der Waals surface area contributed by atoms with Gasteiger partial charge in [0.05, 0.1) is 18.2 Å². The van der Waals surface area contributed by atoms with Crippen LogP contribution in [-0.4, -0.2) is 51.7 Å². The smallest absolute Gasteiger partial charge is 0.321 e. The quantitative estimate of drug-likeness (QED) is 0.103. The molecule has 1 fully saturated rings. The molecule has 4 aromatic carbocycles. The number of allylic oxidation sites excluding steroid dienone is 2. The molecule has 6 nitrogen and oxygen atoms in total. The third-order valence-electron chi connectivity index (χ3n) is 12.1. The molecule has 3 aliphatic rings. The van der Waals surface area contributed by atoms with Gasteiger partial charge in [-0.2, -0.15) is 0 Å². The number of hydrogen-bond acceptors (Lipinski definition) is 5. The van der Waals surface area contributed by atoms with Crippen molar-refractivity contribution in [1.82, 2.24) is 4.90 Å². The fraction of sp³-hybridized carbons (Fsp3) is 0.333. The van der Waals surface area contributed by atoms with Crippen LogP contribution in [0.2, 0.25) is 0 Å². The minimum atomic E-state index is -1.23. The topological polar surface area (TPSA) is 89.9 Å². The molecule has 55 heavy (non-hydrogen) atoms. The molecule has 5 aromatic rings. The zero-order valence-electron chi connectivity index (χ0n) is 31.9. The average Bonchev–Trinajstić information content (AvgIpc) is 3.81. The lowest BCUT2D eigenvalue weighted by molar-refractivity contribution is -0.0762. The van der Waals surface area contributed by atoms with Crippen molar-refractivity contribution in [3.63, 3.8) is 0 Å². The maximum Gasteiger partial charge on any atom is 0.321 e. The Bertz CT molecular complexity index is 2100. The molecule has 0 spiro atoms. The number of aliphatic hydroxyl groups excluding tert-OH is 1. The molecule has 2 amide bonds. The van der Waals surface area contributed by atoms with Gasteiger partial charge >= 0.3 is 6.03 Å². The van der Waals surface area contributed by atoms with Crippen molar-refractivity contribution in [3.05, 3.63) is 159 Å². The van der Waals surface area contributed by atoms with Crippen molar-refractivity contribution in [3.8, 4) is 11.1 Å². The van der Waals surface area contributed by atoms with Gasteiger partial charge in [0, 0.05) is 33.7 Å². The highest BCUT2D eigenvalue weighted by molar-refractivity contribution is 7.09.